The minimum Gasteiger partial charge on any atom is -0.207 e. The molecular weight excluding hydrogens is 1230 g/mol. The summed E-state index contributed by atoms with van der Waals surface area (Å²) in [6.45, 7) is 15.2. The van der Waals surface area contributed by atoms with Crippen molar-refractivity contribution < 1.29 is 35.1 Å². The average molecular weight is 1370 g/mol. The molecule has 8 fully saturated rings. The van der Waals surface area contributed by atoms with Crippen molar-refractivity contribution in [2.24, 2.45) is 71.0 Å². The van der Waals surface area contributed by atoms with Gasteiger partial charge in [0, 0.05) is 22.3 Å². The zero-order valence-corrected chi connectivity index (χ0v) is 62.6. The van der Waals surface area contributed by atoms with Gasteiger partial charge in [0.2, 0.25) is 0 Å². The van der Waals surface area contributed by atoms with Gasteiger partial charge in [-0.15, -0.1) is 0 Å². The van der Waals surface area contributed by atoms with E-state index in [9.17, 15) is 35.1 Å². The van der Waals surface area contributed by atoms with Crippen LogP contribution >= 0.6 is 0 Å². The molecule has 0 radical (unpaired) electrons. The molecule has 548 valence electrons. The number of unbranched alkanes of at least 4 members (excludes halogenated alkanes) is 3. The smallest absolute Gasteiger partial charge is 0.129 e. The van der Waals surface area contributed by atoms with Gasteiger partial charge in [0.15, 0.2) is 0 Å². The van der Waals surface area contributed by atoms with Gasteiger partial charge in [0.05, 0.1) is 0 Å². The molecule has 0 bridgehead atoms. The SMILES string of the molecule is CCC1CCC(C2CCC(c3cc(F)c(C)c(F)c3)CC2)CC1.CCCC1CCC(C2CCC(c3cc(F)c(C)c(F)c3)CC2)CC1.CCCCC1CCC(C2CCC(c3cc(F)c(C)c(F)c3)CC2)CC1.CCCCCC1CCC(C2CCC(c3cc(F)c(C)c(F)c3)CC2)CC1. The van der Waals surface area contributed by atoms with Gasteiger partial charge in [-0.05, 0) is 347 Å². The zero-order chi connectivity index (χ0) is 69.8. The van der Waals surface area contributed by atoms with Crippen LogP contribution < -0.4 is 0 Å². The Morgan fingerprint density at radius 3 is 0.622 bits per heavy atom. The van der Waals surface area contributed by atoms with E-state index in [1.165, 1.54) is 246 Å². The highest BCUT2D eigenvalue weighted by Gasteiger charge is 2.36. The van der Waals surface area contributed by atoms with E-state index in [0.29, 0.717) is 23.7 Å². The lowest BCUT2D eigenvalue weighted by Gasteiger charge is -2.38. The fraction of sp³-hybridized carbons (Fsp3) is 0.733. The van der Waals surface area contributed by atoms with Crippen molar-refractivity contribution in [3.63, 3.8) is 0 Å². The van der Waals surface area contributed by atoms with Crippen LogP contribution in [0, 0.1) is 145 Å². The first-order valence-corrected chi connectivity index (χ1v) is 41.1. The summed E-state index contributed by atoms with van der Waals surface area (Å²) in [7, 11) is 0. The Morgan fingerprint density at radius 1 is 0.224 bits per heavy atom. The molecular formula is C90H132F8. The second-order valence-electron chi connectivity index (χ2n) is 33.8. The Hall–Kier alpha value is -3.68. The summed E-state index contributed by atoms with van der Waals surface area (Å²) in [5.74, 6) is 9.22. The third-order valence-electron chi connectivity index (χ3n) is 27.9. The summed E-state index contributed by atoms with van der Waals surface area (Å²) < 4.78 is 111. The number of halogens is 8. The standard InChI is InChI=1S/C24H36F2.C23H34F2.C22H32F2.C21H30F2/c1-3-4-5-6-18-7-9-19(10-8-18)20-11-13-21(14-12-20)22-15-23(25)17(2)24(26)16-22;1-3-4-5-17-6-8-18(9-7-17)19-10-12-20(13-11-19)21-14-22(24)16(2)23(25)15-21;1-3-4-16-5-7-17(8-6-16)18-9-11-19(12-10-18)20-13-21(23)15(2)22(24)14-20;1-3-15-4-6-16(7-5-15)17-8-10-18(11-9-17)19-12-20(22)14(2)21(23)13-19/h15-16,18-21H,3-14H2,1-2H3;14-15,17-20H,3-13H2,1-2H3;13-14,16-19H,3-12H2,1-2H3;12-13,15-18H,3-11H2,1-2H3. The number of hydrogen-bond acceptors (Lipinski definition) is 0. The normalized spacial score (nSPS) is 30.8. The van der Waals surface area contributed by atoms with E-state index >= 15 is 0 Å². The molecule has 0 atom stereocenters. The van der Waals surface area contributed by atoms with Crippen molar-refractivity contribution >= 4 is 0 Å². The first-order chi connectivity index (χ1) is 47.3. The van der Waals surface area contributed by atoms with Crippen LogP contribution in [-0.2, 0) is 0 Å². The fourth-order valence-electron chi connectivity index (χ4n) is 20.8. The molecule has 0 nitrogen and oxygen atoms in total. The van der Waals surface area contributed by atoms with Crippen LogP contribution in [-0.4, -0.2) is 0 Å². The monoisotopic (exact) mass is 1370 g/mol. The summed E-state index contributed by atoms with van der Waals surface area (Å²) in [5, 5.41) is 0. The highest BCUT2D eigenvalue weighted by molar-refractivity contribution is 5.31. The van der Waals surface area contributed by atoms with E-state index < -0.39 is 0 Å². The van der Waals surface area contributed by atoms with Crippen molar-refractivity contribution in [2.75, 3.05) is 0 Å². The van der Waals surface area contributed by atoms with Crippen LogP contribution in [0.25, 0.3) is 0 Å². The van der Waals surface area contributed by atoms with E-state index in [2.05, 4.69) is 27.7 Å². The molecule has 8 saturated carbocycles. The topological polar surface area (TPSA) is 0 Å². The second-order valence-corrected chi connectivity index (χ2v) is 33.8. The summed E-state index contributed by atoms with van der Waals surface area (Å²) in [6, 6.07) is 12.6. The molecule has 8 aliphatic carbocycles. The van der Waals surface area contributed by atoms with Crippen molar-refractivity contribution in [3.05, 3.63) is 140 Å². The zero-order valence-electron chi connectivity index (χ0n) is 62.6. The predicted octanol–water partition coefficient (Wildman–Crippen LogP) is 29.4. The van der Waals surface area contributed by atoms with Gasteiger partial charge in [0.1, 0.15) is 46.5 Å². The third-order valence-corrected chi connectivity index (χ3v) is 27.9. The average Bonchev–Trinajstić information content (AvgIpc) is 0.844. The molecule has 0 N–H and O–H groups in total. The van der Waals surface area contributed by atoms with Crippen molar-refractivity contribution in [3.8, 4) is 0 Å². The fourth-order valence-corrected chi connectivity index (χ4v) is 20.8. The molecule has 0 amide bonds. The minimum absolute atomic E-state index is 0.148. The lowest BCUT2D eigenvalue weighted by atomic mass is 9.68. The summed E-state index contributed by atoms with van der Waals surface area (Å²) in [4.78, 5) is 0. The lowest BCUT2D eigenvalue weighted by Crippen LogP contribution is -2.25. The Morgan fingerprint density at radius 2 is 0.418 bits per heavy atom. The van der Waals surface area contributed by atoms with Gasteiger partial charge in [-0.1, -0.05) is 143 Å². The summed E-state index contributed by atoms with van der Waals surface area (Å²) >= 11 is 0. The molecule has 4 aromatic rings. The predicted molar refractivity (Wildman–Crippen MR) is 394 cm³/mol. The van der Waals surface area contributed by atoms with Gasteiger partial charge in [-0.25, -0.2) is 35.1 Å². The van der Waals surface area contributed by atoms with E-state index in [-0.39, 0.29) is 68.8 Å². The largest absolute Gasteiger partial charge is 0.207 e. The number of benzene rings is 4. The second kappa shape index (κ2) is 39.3. The maximum Gasteiger partial charge on any atom is 0.129 e. The Bertz CT molecular complexity index is 2880. The quantitative estimate of drug-likeness (QED) is 0.0688. The molecule has 0 aliphatic heterocycles. The Labute approximate surface area is 591 Å². The Kier molecular flexibility index (Phi) is 31.4. The van der Waals surface area contributed by atoms with Crippen LogP contribution in [0.2, 0.25) is 0 Å². The number of rotatable bonds is 18. The van der Waals surface area contributed by atoms with Crippen LogP contribution in [0.1, 0.15) is 366 Å². The van der Waals surface area contributed by atoms with Gasteiger partial charge in [0.25, 0.3) is 0 Å². The van der Waals surface area contributed by atoms with E-state index in [4.69, 9.17) is 0 Å². The van der Waals surface area contributed by atoms with E-state index in [1.54, 1.807) is 48.5 Å². The van der Waals surface area contributed by atoms with Crippen molar-refractivity contribution in [1.29, 1.82) is 0 Å². The van der Waals surface area contributed by atoms with Gasteiger partial charge >= 0.3 is 0 Å². The Balaban J connectivity index is 0.000000153. The minimum atomic E-state index is -0.389. The molecule has 0 spiro atoms. The molecule has 4 aromatic carbocycles. The lowest BCUT2D eigenvalue weighted by molar-refractivity contribution is 0.155. The first-order valence-electron chi connectivity index (χ1n) is 41.1. The summed E-state index contributed by atoms with van der Waals surface area (Å²) in [6.07, 6.45) is 55.2. The molecule has 0 aromatic heterocycles. The van der Waals surface area contributed by atoms with Crippen molar-refractivity contribution in [1.82, 2.24) is 0 Å². The van der Waals surface area contributed by atoms with Crippen molar-refractivity contribution in [2.45, 2.75) is 349 Å². The molecule has 0 saturated heterocycles. The van der Waals surface area contributed by atoms with Crippen LogP contribution in [0.4, 0.5) is 35.1 Å². The van der Waals surface area contributed by atoms with Crippen LogP contribution in [0.15, 0.2) is 48.5 Å². The molecule has 0 unspecified atom stereocenters. The highest BCUT2D eigenvalue weighted by atomic mass is 19.2. The van der Waals surface area contributed by atoms with Gasteiger partial charge in [-0.3, -0.25) is 0 Å². The van der Waals surface area contributed by atoms with Gasteiger partial charge in [-0.2, -0.15) is 0 Å². The molecule has 8 heteroatoms. The maximum absolute atomic E-state index is 13.9. The summed E-state index contributed by atoms with van der Waals surface area (Å²) in [5.41, 5.74) is 4.10. The maximum atomic E-state index is 13.9. The van der Waals surface area contributed by atoms with Crippen LogP contribution in [0.3, 0.4) is 0 Å². The third kappa shape index (κ3) is 22.2. The number of hydrogen-bond donors (Lipinski definition) is 0. The van der Waals surface area contributed by atoms with E-state index in [1.807, 2.05) is 0 Å². The molecule has 98 heavy (non-hydrogen) atoms. The van der Waals surface area contributed by atoms with Crippen LogP contribution in [0.5, 0.6) is 0 Å². The first kappa shape index (κ1) is 78.5. The van der Waals surface area contributed by atoms with Gasteiger partial charge < -0.3 is 0 Å². The molecule has 8 aliphatic rings. The molecule has 0 heterocycles. The molecule has 12 rings (SSSR count). The highest BCUT2D eigenvalue weighted by Crippen LogP contribution is 2.50. The van der Waals surface area contributed by atoms with E-state index in [0.717, 1.165) is 145 Å².